The third-order valence-electron chi connectivity index (χ3n) is 1.50. The Balaban J connectivity index is -0.0000000620. The summed E-state index contributed by atoms with van der Waals surface area (Å²) in [6.45, 7) is 17.4. The Morgan fingerprint density at radius 1 is 0.714 bits per heavy atom. The molecule has 88 valence electrons. The summed E-state index contributed by atoms with van der Waals surface area (Å²) in [5.74, 6) is 0. The van der Waals surface area contributed by atoms with Crippen LogP contribution in [0.2, 0.25) is 0 Å². The van der Waals surface area contributed by atoms with Crippen LogP contribution in [0.15, 0.2) is 0 Å². The fraction of sp³-hybridized carbons (Fsp3) is 1.00. The van der Waals surface area contributed by atoms with Crippen LogP contribution in [0, 0.1) is 36.5 Å². The van der Waals surface area contributed by atoms with Gasteiger partial charge in [-0.2, -0.15) is 0 Å². The zero-order valence-electron chi connectivity index (χ0n) is 11.8. The molecule has 0 aliphatic carbocycles. The molecule has 0 atom stereocenters. The van der Waals surface area contributed by atoms with Gasteiger partial charge in [0, 0.05) is 31.1 Å². The van der Waals surface area contributed by atoms with Gasteiger partial charge in [-0.3, -0.25) is 0 Å². The Bertz CT molecular complexity index is 60.1. The first-order valence-electron chi connectivity index (χ1n) is 5.97. The zero-order valence-corrected chi connectivity index (χ0v) is 16.0. The molecule has 0 heterocycles. The minimum atomic E-state index is 0. The summed E-state index contributed by atoms with van der Waals surface area (Å²) in [4.78, 5) is 0. The van der Waals surface area contributed by atoms with Crippen molar-refractivity contribution in [3.8, 4) is 0 Å². The van der Waals surface area contributed by atoms with E-state index in [1.807, 2.05) is 13.8 Å². The largest absolute Gasteiger partial charge is 0.0683 e. The Labute approximate surface area is 117 Å². The van der Waals surface area contributed by atoms with Crippen LogP contribution < -0.4 is 0 Å². The van der Waals surface area contributed by atoms with Gasteiger partial charge in [0.15, 0.2) is 0 Å². The maximum absolute atomic E-state index is 2.27. The van der Waals surface area contributed by atoms with Crippen LogP contribution in [-0.2, 0) is 0 Å². The van der Waals surface area contributed by atoms with Gasteiger partial charge in [-0.15, -0.1) is 0 Å². The summed E-state index contributed by atoms with van der Waals surface area (Å²) in [6, 6.07) is 0. The minimum Gasteiger partial charge on any atom is -0.0683 e. The predicted octanol–water partition coefficient (Wildman–Crippen LogP) is 5.67. The van der Waals surface area contributed by atoms with Crippen LogP contribution in [0.1, 0.15) is 81.1 Å². The fourth-order valence-corrected chi connectivity index (χ4v) is 0.750. The van der Waals surface area contributed by atoms with E-state index in [4.69, 9.17) is 0 Å². The molecule has 0 spiro atoms. The summed E-state index contributed by atoms with van der Waals surface area (Å²) in [5.41, 5.74) is 0.550. The summed E-state index contributed by atoms with van der Waals surface area (Å²) in [6.07, 6.45) is 5.29. The molecule has 0 aromatic heterocycles. The van der Waals surface area contributed by atoms with Crippen LogP contribution in [0.25, 0.3) is 0 Å². The van der Waals surface area contributed by atoms with Gasteiger partial charge in [0.2, 0.25) is 0 Å². The van der Waals surface area contributed by atoms with Crippen LogP contribution in [-0.4, -0.2) is 0 Å². The summed E-state index contributed by atoms with van der Waals surface area (Å²) < 4.78 is 0. The molecule has 0 saturated heterocycles. The van der Waals surface area contributed by atoms with E-state index in [-0.39, 0.29) is 31.1 Å². The third-order valence-corrected chi connectivity index (χ3v) is 1.50. The van der Waals surface area contributed by atoms with E-state index >= 15 is 0 Å². The molecule has 0 saturated carbocycles. The standard InChI is InChI=1S/C7H16.C4H10.C2H6.U/c1-5-6-7(2,3)4;1-3-4-2;1-2;/h5-6H2,1-4H3;3-4H2,1-2H3;1-2H3;. The van der Waals surface area contributed by atoms with E-state index in [1.165, 1.54) is 25.7 Å². The number of hydrogen-bond acceptors (Lipinski definition) is 0. The topological polar surface area (TPSA) is 0 Å². The Morgan fingerprint density at radius 2 is 1.00 bits per heavy atom. The predicted molar refractivity (Wildman–Crippen MR) is 66.3 cm³/mol. The number of unbranched alkanes of at least 4 members (excludes halogenated alkanes) is 1. The zero-order chi connectivity index (χ0) is 11.3. The third kappa shape index (κ3) is 51.8. The van der Waals surface area contributed by atoms with Crippen molar-refractivity contribution < 1.29 is 31.1 Å². The monoisotopic (exact) mass is 426 g/mol. The Hall–Kier alpha value is 1.05. The van der Waals surface area contributed by atoms with Crippen molar-refractivity contribution in [3.63, 3.8) is 0 Å². The molecule has 0 N–H and O–H groups in total. The van der Waals surface area contributed by atoms with Crippen molar-refractivity contribution in [2.45, 2.75) is 81.1 Å². The maximum atomic E-state index is 2.27. The second kappa shape index (κ2) is 19.6. The molecule has 0 radical (unpaired) electrons. The van der Waals surface area contributed by atoms with Crippen LogP contribution >= 0.6 is 0 Å². The molecule has 14 heavy (non-hydrogen) atoms. The van der Waals surface area contributed by atoms with E-state index in [0.717, 1.165) is 0 Å². The van der Waals surface area contributed by atoms with Crippen LogP contribution in [0.5, 0.6) is 0 Å². The van der Waals surface area contributed by atoms with Crippen molar-refractivity contribution in [1.29, 1.82) is 0 Å². The molecule has 0 bridgehead atoms. The molecular weight excluding hydrogens is 394 g/mol. The minimum absolute atomic E-state index is 0. The first kappa shape index (κ1) is 24.3. The van der Waals surface area contributed by atoms with Crippen molar-refractivity contribution in [1.82, 2.24) is 0 Å². The summed E-state index contributed by atoms with van der Waals surface area (Å²) in [5, 5.41) is 0. The Kier molecular flexibility index (Phi) is 34.1. The van der Waals surface area contributed by atoms with Gasteiger partial charge in [0.05, 0.1) is 0 Å². The van der Waals surface area contributed by atoms with Crippen molar-refractivity contribution in [2.75, 3.05) is 0 Å². The van der Waals surface area contributed by atoms with E-state index in [2.05, 4.69) is 41.5 Å². The van der Waals surface area contributed by atoms with Gasteiger partial charge in [-0.25, -0.2) is 0 Å². The van der Waals surface area contributed by atoms with Crippen LogP contribution in [0.3, 0.4) is 0 Å². The molecule has 0 amide bonds. The quantitative estimate of drug-likeness (QED) is 0.534. The molecule has 0 fully saturated rings. The second-order valence-electron chi connectivity index (χ2n) is 4.31. The van der Waals surface area contributed by atoms with Crippen LogP contribution in [0.4, 0.5) is 0 Å². The van der Waals surface area contributed by atoms with Gasteiger partial charge in [0.25, 0.3) is 0 Å². The molecule has 0 aliphatic rings. The average Bonchev–Trinajstić information content (AvgIpc) is 2.07. The maximum Gasteiger partial charge on any atom is 0 e. The molecule has 0 aromatic carbocycles. The SMILES string of the molecule is CC.CCCC.CCCC(C)(C)C.[U]. The molecule has 1 heteroatoms. The van der Waals surface area contributed by atoms with Gasteiger partial charge in [-0.1, -0.05) is 74.7 Å². The smallest absolute Gasteiger partial charge is 0 e. The van der Waals surface area contributed by atoms with Crippen molar-refractivity contribution in [3.05, 3.63) is 0 Å². The average molecular weight is 426 g/mol. The second-order valence-corrected chi connectivity index (χ2v) is 4.31. The fourth-order valence-electron chi connectivity index (χ4n) is 0.750. The van der Waals surface area contributed by atoms with Gasteiger partial charge < -0.3 is 0 Å². The molecule has 0 aromatic rings. The van der Waals surface area contributed by atoms with E-state index < -0.39 is 0 Å². The first-order chi connectivity index (χ1) is 5.97. The van der Waals surface area contributed by atoms with Crippen molar-refractivity contribution in [2.24, 2.45) is 5.41 Å². The van der Waals surface area contributed by atoms with Gasteiger partial charge in [-0.05, 0) is 11.8 Å². The molecule has 0 rings (SSSR count). The molecule has 0 nitrogen and oxygen atoms in total. The van der Waals surface area contributed by atoms with E-state index in [0.29, 0.717) is 5.41 Å². The first-order valence-corrected chi connectivity index (χ1v) is 5.97. The van der Waals surface area contributed by atoms with Crippen molar-refractivity contribution >= 4 is 0 Å². The molecule has 0 aliphatic heterocycles. The van der Waals surface area contributed by atoms with Gasteiger partial charge in [0.1, 0.15) is 0 Å². The summed E-state index contributed by atoms with van der Waals surface area (Å²) >= 11 is 0. The molecular formula is C13H32U. The van der Waals surface area contributed by atoms with E-state index in [9.17, 15) is 0 Å². The summed E-state index contributed by atoms with van der Waals surface area (Å²) in [7, 11) is 0. The number of hydrogen-bond donors (Lipinski definition) is 0. The van der Waals surface area contributed by atoms with E-state index in [1.54, 1.807) is 0 Å². The van der Waals surface area contributed by atoms with Gasteiger partial charge >= 0.3 is 0 Å². The molecule has 0 unspecified atom stereocenters. The number of rotatable bonds is 2. The normalized spacial score (nSPS) is 8.57. The Morgan fingerprint density at radius 3 is 1.00 bits per heavy atom.